The van der Waals surface area contributed by atoms with E-state index >= 15 is 0 Å². The number of aryl methyl sites for hydroxylation is 2. The molecule has 5 heteroatoms. The molecule has 0 bridgehead atoms. The summed E-state index contributed by atoms with van der Waals surface area (Å²) in [6.07, 6.45) is 4.98. The number of aromatic nitrogens is 3. The Kier molecular flexibility index (Phi) is 3.99. The maximum Gasteiger partial charge on any atom is 0.0637 e. The number of hydrogen-bond acceptors (Lipinski definition) is 3. The standard InChI is InChI=1S/C13H17ClN4/c1-3-9-6-10(18(2)17-9)7-13(15)11-4-5-16-8-12(11)14/h4-6,8,13H,3,7,15H2,1-2H3. The predicted molar refractivity (Wildman–Crippen MR) is 72.5 cm³/mol. The summed E-state index contributed by atoms with van der Waals surface area (Å²) in [7, 11) is 1.94. The summed E-state index contributed by atoms with van der Waals surface area (Å²) in [5.74, 6) is 0. The molecule has 0 aliphatic heterocycles. The van der Waals surface area contributed by atoms with E-state index in [1.165, 1.54) is 0 Å². The van der Waals surface area contributed by atoms with E-state index < -0.39 is 0 Å². The summed E-state index contributed by atoms with van der Waals surface area (Å²) in [6, 6.07) is 3.82. The van der Waals surface area contributed by atoms with Gasteiger partial charge in [0.25, 0.3) is 0 Å². The van der Waals surface area contributed by atoms with Crippen molar-refractivity contribution in [3.8, 4) is 0 Å². The van der Waals surface area contributed by atoms with Crippen LogP contribution in [0, 0.1) is 0 Å². The van der Waals surface area contributed by atoms with Gasteiger partial charge in [0, 0.05) is 37.6 Å². The average molecular weight is 265 g/mol. The molecule has 1 unspecified atom stereocenters. The largest absolute Gasteiger partial charge is 0.324 e. The van der Waals surface area contributed by atoms with Crippen LogP contribution in [0.1, 0.15) is 29.9 Å². The summed E-state index contributed by atoms with van der Waals surface area (Å²) in [5.41, 5.74) is 9.32. The number of nitrogens with two attached hydrogens (primary N) is 1. The summed E-state index contributed by atoms with van der Waals surface area (Å²) >= 11 is 6.09. The average Bonchev–Trinajstić information content (AvgIpc) is 2.70. The van der Waals surface area contributed by atoms with E-state index in [9.17, 15) is 0 Å². The fraction of sp³-hybridized carbons (Fsp3) is 0.385. The van der Waals surface area contributed by atoms with E-state index in [2.05, 4.69) is 23.1 Å². The van der Waals surface area contributed by atoms with Gasteiger partial charge in [0.2, 0.25) is 0 Å². The number of hydrogen-bond donors (Lipinski definition) is 1. The first-order chi connectivity index (χ1) is 8.61. The van der Waals surface area contributed by atoms with Crippen LogP contribution in [-0.2, 0) is 19.9 Å². The zero-order valence-electron chi connectivity index (χ0n) is 10.6. The van der Waals surface area contributed by atoms with Crippen LogP contribution in [0.2, 0.25) is 5.02 Å². The third-order valence-corrected chi connectivity index (χ3v) is 3.34. The van der Waals surface area contributed by atoms with Crippen molar-refractivity contribution >= 4 is 11.6 Å². The second-order valence-electron chi connectivity index (χ2n) is 4.31. The van der Waals surface area contributed by atoms with E-state index in [1.54, 1.807) is 12.4 Å². The van der Waals surface area contributed by atoms with Crippen LogP contribution in [0.15, 0.2) is 24.5 Å². The predicted octanol–water partition coefficient (Wildman–Crippen LogP) is 2.27. The minimum absolute atomic E-state index is 0.138. The number of rotatable bonds is 4. The molecule has 2 aromatic heterocycles. The third kappa shape index (κ3) is 2.71. The highest BCUT2D eigenvalue weighted by Crippen LogP contribution is 2.23. The lowest BCUT2D eigenvalue weighted by molar-refractivity contribution is 0.638. The van der Waals surface area contributed by atoms with E-state index in [1.807, 2.05) is 17.8 Å². The van der Waals surface area contributed by atoms with Crippen molar-refractivity contribution < 1.29 is 0 Å². The van der Waals surface area contributed by atoms with Gasteiger partial charge in [-0.1, -0.05) is 18.5 Å². The fourth-order valence-corrected chi connectivity index (χ4v) is 2.22. The second-order valence-corrected chi connectivity index (χ2v) is 4.72. The summed E-state index contributed by atoms with van der Waals surface area (Å²) in [4.78, 5) is 3.96. The number of halogens is 1. The highest BCUT2D eigenvalue weighted by atomic mass is 35.5. The Morgan fingerprint density at radius 2 is 2.28 bits per heavy atom. The van der Waals surface area contributed by atoms with Gasteiger partial charge in [-0.2, -0.15) is 5.10 Å². The molecule has 4 nitrogen and oxygen atoms in total. The van der Waals surface area contributed by atoms with Gasteiger partial charge in [0.05, 0.1) is 10.7 Å². The topological polar surface area (TPSA) is 56.7 Å². The summed E-state index contributed by atoms with van der Waals surface area (Å²) < 4.78 is 1.88. The Hall–Kier alpha value is -1.39. The molecule has 0 saturated carbocycles. The molecule has 2 aromatic rings. The van der Waals surface area contributed by atoms with Gasteiger partial charge in [0.15, 0.2) is 0 Å². The molecule has 2 heterocycles. The van der Waals surface area contributed by atoms with E-state index in [0.29, 0.717) is 11.4 Å². The molecule has 0 aliphatic carbocycles. The van der Waals surface area contributed by atoms with Gasteiger partial charge in [-0.25, -0.2) is 0 Å². The van der Waals surface area contributed by atoms with Crippen LogP contribution in [0.25, 0.3) is 0 Å². The van der Waals surface area contributed by atoms with Crippen molar-refractivity contribution in [2.75, 3.05) is 0 Å². The number of nitrogens with zero attached hydrogens (tertiary/aromatic N) is 3. The molecule has 2 rings (SSSR count). The van der Waals surface area contributed by atoms with Crippen LogP contribution in [0.4, 0.5) is 0 Å². The monoisotopic (exact) mass is 264 g/mol. The Balaban J connectivity index is 2.18. The van der Waals surface area contributed by atoms with Crippen LogP contribution in [0.3, 0.4) is 0 Å². The molecule has 18 heavy (non-hydrogen) atoms. The highest BCUT2D eigenvalue weighted by Gasteiger charge is 2.13. The first kappa shape index (κ1) is 13.1. The smallest absolute Gasteiger partial charge is 0.0637 e. The normalized spacial score (nSPS) is 12.7. The molecule has 0 spiro atoms. The lowest BCUT2D eigenvalue weighted by Crippen LogP contribution is -2.16. The van der Waals surface area contributed by atoms with Gasteiger partial charge >= 0.3 is 0 Å². The van der Waals surface area contributed by atoms with E-state index in [-0.39, 0.29) is 6.04 Å². The Morgan fingerprint density at radius 1 is 1.50 bits per heavy atom. The zero-order chi connectivity index (χ0) is 13.1. The number of pyridine rings is 1. The van der Waals surface area contributed by atoms with Gasteiger partial charge in [-0.15, -0.1) is 0 Å². The highest BCUT2D eigenvalue weighted by molar-refractivity contribution is 6.31. The fourth-order valence-electron chi connectivity index (χ4n) is 1.96. The van der Waals surface area contributed by atoms with Gasteiger partial charge < -0.3 is 5.73 Å². The lowest BCUT2D eigenvalue weighted by Gasteiger charge is -2.13. The maximum absolute atomic E-state index is 6.19. The van der Waals surface area contributed by atoms with Crippen molar-refractivity contribution in [1.82, 2.24) is 14.8 Å². The van der Waals surface area contributed by atoms with Gasteiger partial charge in [-0.3, -0.25) is 9.67 Å². The molecule has 0 radical (unpaired) electrons. The van der Waals surface area contributed by atoms with Crippen LogP contribution < -0.4 is 5.73 Å². The second kappa shape index (κ2) is 5.50. The minimum Gasteiger partial charge on any atom is -0.324 e. The quantitative estimate of drug-likeness (QED) is 0.922. The van der Waals surface area contributed by atoms with Gasteiger partial charge in [0.1, 0.15) is 0 Å². The summed E-state index contributed by atoms with van der Waals surface area (Å²) in [5, 5.41) is 5.03. The molecule has 0 saturated heterocycles. The van der Waals surface area contributed by atoms with Crippen molar-refractivity contribution in [2.45, 2.75) is 25.8 Å². The van der Waals surface area contributed by atoms with Crippen LogP contribution >= 0.6 is 11.6 Å². The first-order valence-corrected chi connectivity index (χ1v) is 6.36. The first-order valence-electron chi connectivity index (χ1n) is 5.98. The third-order valence-electron chi connectivity index (χ3n) is 3.02. The van der Waals surface area contributed by atoms with Crippen molar-refractivity contribution in [3.63, 3.8) is 0 Å². The molecule has 0 aromatic carbocycles. The van der Waals surface area contributed by atoms with Crippen LogP contribution in [-0.4, -0.2) is 14.8 Å². The molecular weight excluding hydrogens is 248 g/mol. The van der Waals surface area contributed by atoms with Crippen molar-refractivity contribution in [3.05, 3.63) is 46.5 Å². The lowest BCUT2D eigenvalue weighted by atomic mass is 10.0. The van der Waals surface area contributed by atoms with Crippen molar-refractivity contribution in [1.29, 1.82) is 0 Å². The summed E-state index contributed by atoms with van der Waals surface area (Å²) in [6.45, 7) is 2.09. The molecule has 0 amide bonds. The van der Waals surface area contributed by atoms with Crippen molar-refractivity contribution in [2.24, 2.45) is 12.8 Å². The van der Waals surface area contributed by atoms with Crippen LogP contribution in [0.5, 0.6) is 0 Å². The Bertz CT molecular complexity index is 536. The van der Waals surface area contributed by atoms with E-state index in [4.69, 9.17) is 17.3 Å². The SMILES string of the molecule is CCc1cc(CC(N)c2ccncc2Cl)n(C)n1. The Labute approximate surface area is 112 Å². The molecule has 2 N–H and O–H groups in total. The Morgan fingerprint density at radius 3 is 2.89 bits per heavy atom. The molecular formula is C13H17ClN4. The molecule has 0 aliphatic rings. The van der Waals surface area contributed by atoms with E-state index in [0.717, 1.165) is 23.4 Å². The zero-order valence-corrected chi connectivity index (χ0v) is 11.4. The molecule has 96 valence electrons. The minimum atomic E-state index is -0.138. The van der Waals surface area contributed by atoms with Gasteiger partial charge in [-0.05, 0) is 24.1 Å². The maximum atomic E-state index is 6.19. The molecule has 1 atom stereocenters. The molecule has 0 fully saturated rings.